The Balaban J connectivity index is 2.57. The molecule has 1 atom stereocenters. The summed E-state index contributed by atoms with van der Waals surface area (Å²) in [6.07, 6.45) is 1.25. The van der Waals surface area contributed by atoms with Crippen LogP contribution in [0.1, 0.15) is 27.2 Å². The minimum absolute atomic E-state index is 0.461. The van der Waals surface area contributed by atoms with E-state index in [-0.39, 0.29) is 0 Å². The van der Waals surface area contributed by atoms with E-state index in [1.807, 2.05) is 11.8 Å². The van der Waals surface area contributed by atoms with Crippen molar-refractivity contribution in [1.82, 2.24) is 0 Å². The van der Waals surface area contributed by atoms with Crippen molar-refractivity contribution in [2.45, 2.75) is 27.2 Å². The van der Waals surface area contributed by atoms with Gasteiger partial charge in [0, 0.05) is 11.2 Å². The first kappa shape index (κ1) is 9.40. The van der Waals surface area contributed by atoms with Crippen LogP contribution in [0.15, 0.2) is 0 Å². The summed E-state index contributed by atoms with van der Waals surface area (Å²) in [4.78, 5) is 0. The summed E-state index contributed by atoms with van der Waals surface area (Å²) in [6.45, 7) is 7.85. The third-order valence-electron chi connectivity index (χ3n) is 2.87. The van der Waals surface area contributed by atoms with Crippen LogP contribution in [0.4, 0.5) is 0 Å². The van der Waals surface area contributed by atoms with E-state index in [0.717, 1.165) is 18.5 Å². The molecule has 0 amide bonds. The van der Waals surface area contributed by atoms with Crippen molar-refractivity contribution in [3.63, 3.8) is 0 Å². The van der Waals surface area contributed by atoms with Crippen LogP contribution in [0.25, 0.3) is 0 Å². The maximum atomic E-state index is 5.50. The third-order valence-corrected chi connectivity index (χ3v) is 3.99. The van der Waals surface area contributed by atoms with Gasteiger partial charge in [-0.1, -0.05) is 20.8 Å². The van der Waals surface area contributed by atoms with E-state index in [4.69, 9.17) is 4.74 Å². The van der Waals surface area contributed by atoms with Crippen molar-refractivity contribution in [2.75, 3.05) is 18.3 Å². The number of rotatable bonds is 2. The molecule has 2 heteroatoms. The Hall–Kier alpha value is 0.310. The molecule has 11 heavy (non-hydrogen) atoms. The molecule has 66 valence electrons. The molecule has 1 unspecified atom stereocenters. The summed E-state index contributed by atoms with van der Waals surface area (Å²) in [7, 11) is 0. The molecule has 1 rings (SSSR count). The predicted molar refractivity (Wildman–Crippen MR) is 50.8 cm³/mol. The smallest absolute Gasteiger partial charge is 0.0921 e. The average molecular weight is 174 g/mol. The van der Waals surface area contributed by atoms with Crippen LogP contribution in [0.2, 0.25) is 0 Å². The van der Waals surface area contributed by atoms with Crippen LogP contribution in [-0.2, 0) is 4.74 Å². The molecule has 1 aliphatic rings. The largest absolute Gasteiger partial charge is 0.370 e. The van der Waals surface area contributed by atoms with Crippen LogP contribution in [0.5, 0.6) is 0 Å². The van der Waals surface area contributed by atoms with E-state index in [1.165, 1.54) is 12.2 Å². The Morgan fingerprint density at radius 1 is 1.55 bits per heavy atom. The number of hydrogen-bond donors (Lipinski definition) is 0. The van der Waals surface area contributed by atoms with Crippen molar-refractivity contribution < 1.29 is 4.74 Å². The maximum absolute atomic E-state index is 5.50. The minimum atomic E-state index is 0.461. The second kappa shape index (κ2) is 3.81. The minimum Gasteiger partial charge on any atom is -0.370 e. The van der Waals surface area contributed by atoms with Gasteiger partial charge in [0.25, 0.3) is 0 Å². The molecular weight excluding hydrogens is 156 g/mol. The summed E-state index contributed by atoms with van der Waals surface area (Å²) in [6, 6.07) is 0. The molecular formula is C9H18OS. The summed E-state index contributed by atoms with van der Waals surface area (Å²) in [5.74, 6) is 2.93. The highest BCUT2D eigenvalue weighted by Gasteiger charge is 2.34. The van der Waals surface area contributed by atoms with Gasteiger partial charge in [-0.25, -0.2) is 0 Å². The van der Waals surface area contributed by atoms with Crippen LogP contribution in [0, 0.1) is 11.3 Å². The first-order valence-electron chi connectivity index (χ1n) is 4.37. The zero-order valence-corrected chi connectivity index (χ0v) is 8.54. The van der Waals surface area contributed by atoms with Crippen LogP contribution >= 0.6 is 11.8 Å². The zero-order chi connectivity index (χ0) is 8.32. The van der Waals surface area contributed by atoms with Crippen LogP contribution < -0.4 is 0 Å². The van der Waals surface area contributed by atoms with Gasteiger partial charge in [0.2, 0.25) is 0 Å². The normalized spacial score (nSPS) is 32.7. The number of thioether (sulfide) groups is 1. The molecule has 1 saturated heterocycles. The van der Waals surface area contributed by atoms with Crippen LogP contribution in [-0.4, -0.2) is 18.3 Å². The Kier molecular flexibility index (Phi) is 3.26. The average Bonchev–Trinajstić information content (AvgIpc) is 2.05. The topological polar surface area (TPSA) is 9.23 Å². The fourth-order valence-corrected chi connectivity index (χ4v) is 2.85. The van der Waals surface area contributed by atoms with Crippen molar-refractivity contribution in [1.29, 1.82) is 0 Å². The van der Waals surface area contributed by atoms with Gasteiger partial charge in [0.1, 0.15) is 0 Å². The lowest BCUT2D eigenvalue weighted by Gasteiger charge is -2.39. The lowest BCUT2D eigenvalue weighted by atomic mass is 9.77. The molecule has 0 aromatic rings. The summed E-state index contributed by atoms with van der Waals surface area (Å²) in [5.41, 5.74) is 0.461. The number of hydrogen-bond acceptors (Lipinski definition) is 2. The molecule has 0 aromatic carbocycles. The van der Waals surface area contributed by atoms with E-state index in [1.54, 1.807) is 0 Å². The van der Waals surface area contributed by atoms with E-state index in [0.29, 0.717) is 5.41 Å². The Morgan fingerprint density at radius 3 is 2.55 bits per heavy atom. The van der Waals surface area contributed by atoms with Crippen LogP contribution in [0.3, 0.4) is 0 Å². The molecule has 0 bridgehead atoms. The molecule has 0 aromatic heterocycles. The van der Waals surface area contributed by atoms with Gasteiger partial charge in [-0.3, -0.25) is 0 Å². The zero-order valence-electron chi connectivity index (χ0n) is 7.72. The van der Waals surface area contributed by atoms with Crippen molar-refractivity contribution in [2.24, 2.45) is 11.3 Å². The Bertz CT molecular complexity index is 117. The van der Waals surface area contributed by atoms with Gasteiger partial charge in [-0.2, -0.15) is 0 Å². The standard InChI is InChI=1S/C9H18OS/c1-4-9(8(2)3)5-10-7-11-6-9/h8H,4-7H2,1-3H3. The summed E-state index contributed by atoms with van der Waals surface area (Å²) in [5, 5.41) is 0. The van der Waals surface area contributed by atoms with Gasteiger partial charge in [-0.05, 0) is 12.3 Å². The highest BCUT2D eigenvalue weighted by molar-refractivity contribution is 7.99. The summed E-state index contributed by atoms with van der Waals surface area (Å²) < 4.78 is 5.50. The van der Waals surface area contributed by atoms with Crippen molar-refractivity contribution >= 4 is 11.8 Å². The lowest BCUT2D eigenvalue weighted by Crippen LogP contribution is -2.37. The van der Waals surface area contributed by atoms with Gasteiger partial charge in [-0.15, -0.1) is 11.8 Å². The lowest BCUT2D eigenvalue weighted by molar-refractivity contribution is 0.0395. The Labute approximate surface area is 73.9 Å². The fourth-order valence-electron chi connectivity index (χ4n) is 1.54. The van der Waals surface area contributed by atoms with E-state index in [9.17, 15) is 0 Å². The molecule has 1 nitrogen and oxygen atoms in total. The molecule has 0 aliphatic carbocycles. The van der Waals surface area contributed by atoms with Gasteiger partial charge in [0.05, 0.1) is 12.5 Å². The monoisotopic (exact) mass is 174 g/mol. The molecule has 0 N–H and O–H groups in total. The molecule has 0 spiro atoms. The molecule has 1 fully saturated rings. The van der Waals surface area contributed by atoms with Crippen molar-refractivity contribution in [3.8, 4) is 0 Å². The first-order chi connectivity index (χ1) is 5.21. The second-order valence-electron chi connectivity index (χ2n) is 3.69. The highest BCUT2D eigenvalue weighted by Crippen LogP contribution is 2.38. The molecule has 1 heterocycles. The summed E-state index contributed by atoms with van der Waals surface area (Å²) >= 11 is 1.93. The first-order valence-corrected chi connectivity index (χ1v) is 5.52. The fraction of sp³-hybridized carbons (Fsp3) is 1.00. The number of ether oxygens (including phenoxy) is 1. The molecule has 0 saturated carbocycles. The van der Waals surface area contributed by atoms with Crippen molar-refractivity contribution in [3.05, 3.63) is 0 Å². The van der Waals surface area contributed by atoms with E-state index >= 15 is 0 Å². The van der Waals surface area contributed by atoms with E-state index < -0.39 is 0 Å². The van der Waals surface area contributed by atoms with E-state index in [2.05, 4.69) is 20.8 Å². The van der Waals surface area contributed by atoms with Gasteiger partial charge >= 0.3 is 0 Å². The quantitative estimate of drug-likeness (QED) is 0.636. The maximum Gasteiger partial charge on any atom is 0.0921 e. The SMILES string of the molecule is CCC1(C(C)C)COCSC1. The van der Waals surface area contributed by atoms with Gasteiger partial charge < -0.3 is 4.74 Å². The highest BCUT2D eigenvalue weighted by atomic mass is 32.2. The third kappa shape index (κ3) is 1.91. The molecule has 1 aliphatic heterocycles. The van der Waals surface area contributed by atoms with Gasteiger partial charge in [0.15, 0.2) is 0 Å². The predicted octanol–water partition coefficient (Wildman–Crippen LogP) is 2.76. The molecule has 0 radical (unpaired) electrons. The Morgan fingerprint density at radius 2 is 2.27 bits per heavy atom. The second-order valence-corrected chi connectivity index (χ2v) is 4.62.